The average Bonchev–Trinajstić information content (AvgIpc) is 2.68. The van der Waals surface area contributed by atoms with Crippen LogP contribution >= 0.6 is 0 Å². The lowest BCUT2D eigenvalue weighted by Crippen LogP contribution is -2.44. The second-order valence-electron chi connectivity index (χ2n) is 6.74. The van der Waals surface area contributed by atoms with Crippen molar-refractivity contribution in [3.8, 4) is 5.75 Å². The molecule has 1 fully saturated rings. The van der Waals surface area contributed by atoms with Crippen molar-refractivity contribution in [2.75, 3.05) is 31.1 Å². The maximum Gasteiger partial charge on any atom is 0.125 e. The number of phenolic OH excluding ortho intramolecular Hbond substituents is 1. The van der Waals surface area contributed by atoms with E-state index in [-0.39, 0.29) is 5.75 Å². The van der Waals surface area contributed by atoms with Crippen molar-refractivity contribution in [2.24, 2.45) is 5.10 Å². The fourth-order valence-electron chi connectivity index (χ4n) is 3.38. The molecule has 132 valence electrons. The summed E-state index contributed by atoms with van der Waals surface area (Å²) in [4.78, 5) is 2.39. The number of hydrazone groups is 1. The predicted octanol–water partition coefficient (Wildman–Crippen LogP) is 4.01. The van der Waals surface area contributed by atoms with Crippen LogP contribution < -0.4 is 4.90 Å². The molecule has 0 aromatic heterocycles. The second-order valence-corrected chi connectivity index (χ2v) is 6.74. The van der Waals surface area contributed by atoms with Crippen molar-refractivity contribution in [1.82, 2.24) is 5.01 Å². The van der Waals surface area contributed by atoms with Crippen molar-refractivity contribution in [1.29, 1.82) is 0 Å². The molecule has 0 saturated carbocycles. The Kier molecular flexibility index (Phi) is 4.48. The first-order valence-electron chi connectivity index (χ1n) is 9.02. The molecule has 26 heavy (non-hydrogen) atoms. The zero-order chi connectivity index (χ0) is 17.9. The minimum absolute atomic E-state index is 0.269. The summed E-state index contributed by atoms with van der Waals surface area (Å²) in [5, 5.41) is 19.1. The highest BCUT2D eigenvalue weighted by Crippen LogP contribution is 2.25. The molecule has 0 unspecified atom stereocenters. The van der Waals surface area contributed by atoms with Crippen LogP contribution in [0.5, 0.6) is 5.75 Å². The Labute approximate surface area is 154 Å². The fourth-order valence-corrected chi connectivity index (χ4v) is 3.38. The fraction of sp³-hybridized carbons (Fsp3) is 0.227. The lowest BCUT2D eigenvalue weighted by atomic mass is 10.0. The molecule has 1 heterocycles. The van der Waals surface area contributed by atoms with Crippen LogP contribution in [-0.4, -0.2) is 42.5 Å². The number of anilines is 1. The lowest BCUT2D eigenvalue weighted by molar-refractivity contribution is 0.272. The van der Waals surface area contributed by atoms with Gasteiger partial charge in [0.05, 0.1) is 19.3 Å². The number of aryl methyl sites for hydroxylation is 1. The van der Waals surface area contributed by atoms with E-state index in [0.29, 0.717) is 0 Å². The van der Waals surface area contributed by atoms with Gasteiger partial charge in [0.25, 0.3) is 0 Å². The second kappa shape index (κ2) is 7.08. The molecular weight excluding hydrogens is 322 g/mol. The van der Waals surface area contributed by atoms with Gasteiger partial charge < -0.3 is 10.0 Å². The van der Waals surface area contributed by atoms with Crippen LogP contribution in [0, 0.1) is 6.92 Å². The van der Waals surface area contributed by atoms with Gasteiger partial charge in [0.1, 0.15) is 5.75 Å². The van der Waals surface area contributed by atoms with Crippen LogP contribution in [0.2, 0.25) is 0 Å². The average molecular weight is 345 g/mol. The number of rotatable bonds is 3. The Morgan fingerprint density at radius 3 is 2.38 bits per heavy atom. The monoisotopic (exact) mass is 345 g/mol. The van der Waals surface area contributed by atoms with Gasteiger partial charge in [0.15, 0.2) is 0 Å². The van der Waals surface area contributed by atoms with E-state index >= 15 is 0 Å². The number of aromatic hydroxyl groups is 1. The number of nitrogens with zero attached hydrogens (tertiary/aromatic N) is 3. The van der Waals surface area contributed by atoms with Crippen molar-refractivity contribution >= 4 is 22.7 Å². The van der Waals surface area contributed by atoms with Crippen molar-refractivity contribution < 1.29 is 5.11 Å². The van der Waals surface area contributed by atoms with Crippen LogP contribution in [0.1, 0.15) is 11.1 Å². The molecule has 0 spiro atoms. The number of hydrogen-bond donors (Lipinski definition) is 1. The van der Waals surface area contributed by atoms with Gasteiger partial charge in [-0.1, -0.05) is 48.0 Å². The quantitative estimate of drug-likeness (QED) is 0.729. The molecule has 4 heteroatoms. The first kappa shape index (κ1) is 16.5. The van der Waals surface area contributed by atoms with E-state index in [1.54, 1.807) is 12.3 Å². The molecule has 0 amide bonds. The SMILES string of the molecule is Cc1ccc(N2CCN(N=Cc3c(O)ccc4ccccc34)CC2)cc1. The molecule has 1 saturated heterocycles. The van der Waals surface area contributed by atoms with Crippen LogP contribution in [-0.2, 0) is 0 Å². The van der Waals surface area contributed by atoms with Gasteiger partial charge in [-0.15, -0.1) is 0 Å². The topological polar surface area (TPSA) is 39.1 Å². The molecule has 1 aliphatic heterocycles. The largest absolute Gasteiger partial charge is 0.507 e. The highest BCUT2D eigenvalue weighted by Gasteiger charge is 2.15. The van der Waals surface area contributed by atoms with Gasteiger partial charge in [-0.3, -0.25) is 5.01 Å². The van der Waals surface area contributed by atoms with E-state index in [2.05, 4.69) is 46.2 Å². The van der Waals surface area contributed by atoms with Gasteiger partial charge in [-0.2, -0.15) is 5.10 Å². The smallest absolute Gasteiger partial charge is 0.125 e. The van der Waals surface area contributed by atoms with Gasteiger partial charge in [-0.25, -0.2) is 0 Å². The summed E-state index contributed by atoms with van der Waals surface area (Å²) in [5.74, 6) is 0.269. The predicted molar refractivity (Wildman–Crippen MR) is 108 cm³/mol. The summed E-state index contributed by atoms with van der Waals surface area (Å²) in [6.07, 6.45) is 1.79. The van der Waals surface area contributed by atoms with Crippen molar-refractivity contribution in [3.63, 3.8) is 0 Å². The zero-order valence-corrected chi connectivity index (χ0v) is 15.0. The Balaban J connectivity index is 1.46. The van der Waals surface area contributed by atoms with E-state index < -0.39 is 0 Å². The summed E-state index contributed by atoms with van der Waals surface area (Å²) in [5.41, 5.74) is 3.34. The zero-order valence-electron chi connectivity index (χ0n) is 15.0. The summed E-state index contributed by atoms with van der Waals surface area (Å²) in [6, 6.07) is 20.4. The highest BCUT2D eigenvalue weighted by atomic mass is 16.3. The third-order valence-corrected chi connectivity index (χ3v) is 4.95. The van der Waals surface area contributed by atoms with Gasteiger partial charge in [0, 0.05) is 24.3 Å². The standard InChI is InChI=1S/C22H23N3O/c1-17-6-9-19(10-7-17)24-12-14-25(15-13-24)23-16-21-20-5-3-2-4-18(20)8-11-22(21)26/h2-11,16,26H,12-15H2,1H3. The third-order valence-electron chi connectivity index (χ3n) is 4.95. The Bertz CT molecular complexity index is 926. The number of phenols is 1. The van der Waals surface area contributed by atoms with Crippen LogP contribution in [0.3, 0.4) is 0 Å². The van der Waals surface area contributed by atoms with E-state index in [9.17, 15) is 5.11 Å². The number of benzene rings is 3. The lowest BCUT2D eigenvalue weighted by Gasteiger charge is -2.34. The van der Waals surface area contributed by atoms with E-state index in [1.165, 1.54) is 11.3 Å². The molecule has 3 aromatic carbocycles. The number of piperazine rings is 1. The van der Waals surface area contributed by atoms with Gasteiger partial charge in [-0.05, 0) is 35.9 Å². The Hall–Kier alpha value is -3.01. The summed E-state index contributed by atoms with van der Waals surface area (Å²) in [6.45, 7) is 5.74. The summed E-state index contributed by atoms with van der Waals surface area (Å²) >= 11 is 0. The molecule has 1 aliphatic rings. The first-order chi connectivity index (χ1) is 12.7. The van der Waals surface area contributed by atoms with Crippen molar-refractivity contribution in [2.45, 2.75) is 6.92 Å². The molecule has 0 radical (unpaired) electrons. The van der Waals surface area contributed by atoms with E-state index in [1.807, 2.05) is 30.3 Å². The third kappa shape index (κ3) is 3.36. The van der Waals surface area contributed by atoms with E-state index in [0.717, 1.165) is 42.5 Å². The molecule has 0 bridgehead atoms. The molecule has 3 aromatic rings. The minimum Gasteiger partial charge on any atom is -0.507 e. The summed E-state index contributed by atoms with van der Waals surface area (Å²) < 4.78 is 0. The molecule has 0 atom stereocenters. The molecular formula is C22H23N3O. The van der Waals surface area contributed by atoms with Gasteiger partial charge >= 0.3 is 0 Å². The molecule has 4 nitrogen and oxygen atoms in total. The molecule has 1 N–H and O–H groups in total. The highest BCUT2D eigenvalue weighted by molar-refractivity contribution is 6.02. The Morgan fingerprint density at radius 1 is 0.885 bits per heavy atom. The number of fused-ring (bicyclic) bond motifs is 1. The summed E-state index contributed by atoms with van der Waals surface area (Å²) in [7, 11) is 0. The Morgan fingerprint density at radius 2 is 1.62 bits per heavy atom. The number of hydrogen-bond acceptors (Lipinski definition) is 4. The van der Waals surface area contributed by atoms with E-state index in [4.69, 9.17) is 0 Å². The van der Waals surface area contributed by atoms with Crippen LogP contribution in [0.4, 0.5) is 5.69 Å². The first-order valence-corrected chi connectivity index (χ1v) is 9.02. The maximum atomic E-state index is 10.2. The van der Waals surface area contributed by atoms with Crippen molar-refractivity contribution in [3.05, 3.63) is 71.8 Å². The molecule has 4 rings (SSSR count). The molecule has 0 aliphatic carbocycles. The van der Waals surface area contributed by atoms with Crippen LogP contribution in [0.25, 0.3) is 10.8 Å². The van der Waals surface area contributed by atoms with Gasteiger partial charge in [0.2, 0.25) is 0 Å². The normalized spacial score (nSPS) is 15.1. The minimum atomic E-state index is 0.269. The van der Waals surface area contributed by atoms with Crippen LogP contribution in [0.15, 0.2) is 65.8 Å². The maximum absolute atomic E-state index is 10.2.